The third-order valence-electron chi connectivity index (χ3n) is 3.40. The van der Waals surface area contributed by atoms with E-state index in [9.17, 15) is 25.2 Å². The minimum Gasteiger partial charge on any atom is -0.387 e. The van der Waals surface area contributed by atoms with Crippen molar-refractivity contribution in [2.45, 2.75) is 30.7 Å². The van der Waals surface area contributed by atoms with Gasteiger partial charge in [0.15, 0.2) is 12.4 Å². The van der Waals surface area contributed by atoms with Crippen LogP contribution < -0.4 is 11.1 Å². The van der Waals surface area contributed by atoms with Gasteiger partial charge in [-0.2, -0.15) is 0 Å². The molecule has 0 aliphatic carbocycles. The smallest absolute Gasteiger partial charge is 0.252 e. The molecule has 25 heavy (non-hydrogen) atoms. The molecule has 1 aliphatic heterocycles. The Labute approximate surface area is 145 Å². The monoisotopic (exact) mass is 368 g/mol. The highest BCUT2D eigenvalue weighted by Crippen LogP contribution is 2.19. The molecule has 1 heterocycles. The van der Waals surface area contributed by atoms with Gasteiger partial charge >= 0.3 is 0 Å². The fourth-order valence-electron chi connectivity index (χ4n) is 2.05. The molecule has 11 heteroatoms. The number of nitrogens with one attached hydrogen (secondary N) is 1. The second kappa shape index (κ2) is 12.5. The van der Waals surface area contributed by atoms with Crippen LogP contribution in [0.15, 0.2) is 0 Å². The van der Waals surface area contributed by atoms with Crippen molar-refractivity contribution in [1.82, 2.24) is 5.32 Å². The average Bonchev–Trinajstić information content (AvgIpc) is 2.60. The predicted molar refractivity (Wildman–Crippen MR) is 83.4 cm³/mol. The first-order chi connectivity index (χ1) is 12.0. The summed E-state index contributed by atoms with van der Waals surface area (Å²) >= 11 is 0. The van der Waals surface area contributed by atoms with Crippen molar-refractivity contribution in [3.63, 3.8) is 0 Å². The number of aliphatic hydroxyl groups excluding tert-OH is 4. The Hall–Kier alpha value is -0.890. The molecular formula is C14H28N2O9. The Balaban J connectivity index is 2.05. The van der Waals surface area contributed by atoms with Gasteiger partial charge in [-0.1, -0.05) is 0 Å². The van der Waals surface area contributed by atoms with Crippen molar-refractivity contribution in [2.24, 2.45) is 5.73 Å². The Morgan fingerprint density at radius 1 is 0.880 bits per heavy atom. The van der Waals surface area contributed by atoms with Crippen LogP contribution in [0.4, 0.5) is 0 Å². The van der Waals surface area contributed by atoms with Gasteiger partial charge in [-0.05, 0) is 0 Å². The maximum atomic E-state index is 11.9. The van der Waals surface area contributed by atoms with Gasteiger partial charge in [0.05, 0.1) is 39.6 Å². The van der Waals surface area contributed by atoms with E-state index in [-0.39, 0.29) is 13.2 Å². The summed E-state index contributed by atoms with van der Waals surface area (Å²) in [4.78, 5) is 11.9. The highest BCUT2D eigenvalue weighted by molar-refractivity contribution is 5.81. The fourth-order valence-corrected chi connectivity index (χ4v) is 2.05. The summed E-state index contributed by atoms with van der Waals surface area (Å²) < 4.78 is 20.4. The standard InChI is InChI=1S/C14H28N2O9/c15-1-3-22-5-7-24-8-6-23-4-2-16-13(20)12-10(18)9(17)11(19)14(21)25-12/h9-12,14,17-19,21H,1-8,15H2,(H,16,20)/t9-,10-,11-,12-,14?/m0/s1. The molecule has 0 aromatic carbocycles. The van der Waals surface area contributed by atoms with Crippen LogP contribution in [0.2, 0.25) is 0 Å². The van der Waals surface area contributed by atoms with E-state index in [0.29, 0.717) is 39.6 Å². The number of rotatable bonds is 12. The Kier molecular flexibility index (Phi) is 11.0. The number of ether oxygens (including phenoxy) is 4. The van der Waals surface area contributed by atoms with Crippen molar-refractivity contribution in [3.8, 4) is 0 Å². The molecule has 1 fully saturated rings. The van der Waals surface area contributed by atoms with Gasteiger partial charge in [-0.3, -0.25) is 4.79 Å². The molecule has 5 atom stereocenters. The van der Waals surface area contributed by atoms with E-state index >= 15 is 0 Å². The lowest BCUT2D eigenvalue weighted by Crippen LogP contribution is -2.61. The number of aliphatic hydroxyl groups is 4. The number of amides is 1. The molecule has 0 aromatic rings. The van der Waals surface area contributed by atoms with E-state index in [4.69, 9.17) is 24.7 Å². The minimum atomic E-state index is -1.75. The predicted octanol–water partition coefficient (Wildman–Crippen LogP) is -4.09. The Morgan fingerprint density at radius 3 is 2.04 bits per heavy atom. The first-order valence-electron chi connectivity index (χ1n) is 8.07. The largest absolute Gasteiger partial charge is 0.387 e. The molecule has 11 nitrogen and oxygen atoms in total. The lowest BCUT2D eigenvalue weighted by atomic mass is 9.98. The van der Waals surface area contributed by atoms with Crippen molar-refractivity contribution >= 4 is 5.91 Å². The lowest BCUT2D eigenvalue weighted by Gasteiger charge is -2.37. The summed E-state index contributed by atoms with van der Waals surface area (Å²) in [6.45, 7) is 2.91. The quantitative estimate of drug-likeness (QED) is 0.186. The summed E-state index contributed by atoms with van der Waals surface area (Å²) in [5, 5.41) is 40.4. The van der Waals surface area contributed by atoms with Crippen LogP contribution in [0.5, 0.6) is 0 Å². The molecule has 0 aromatic heterocycles. The normalized spacial score (nSPS) is 29.6. The van der Waals surface area contributed by atoms with Crippen LogP contribution in [-0.4, -0.2) is 110 Å². The number of carbonyl (C=O) groups excluding carboxylic acids is 1. The summed E-state index contributed by atoms with van der Waals surface area (Å²) in [6.07, 6.45) is -8.24. The van der Waals surface area contributed by atoms with Crippen LogP contribution in [0.3, 0.4) is 0 Å². The molecule has 0 spiro atoms. The third kappa shape index (κ3) is 7.90. The third-order valence-corrected chi connectivity index (χ3v) is 3.40. The molecule has 1 unspecified atom stereocenters. The van der Waals surface area contributed by atoms with Gasteiger partial charge in [-0.25, -0.2) is 0 Å². The van der Waals surface area contributed by atoms with Crippen LogP contribution in [0.1, 0.15) is 0 Å². The average molecular weight is 368 g/mol. The number of carbonyl (C=O) groups is 1. The summed E-state index contributed by atoms with van der Waals surface area (Å²) in [6, 6.07) is 0. The molecule has 7 N–H and O–H groups in total. The molecule has 0 saturated carbocycles. The van der Waals surface area contributed by atoms with Crippen LogP contribution in [0, 0.1) is 0 Å². The van der Waals surface area contributed by atoms with Crippen LogP contribution in [-0.2, 0) is 23.7 Å². The van der Waals surface area contributed by atoms with E-state index < -0.39 is 36.6 Å². The molecule has 1 amide bonds. The lowest BCUT2D eigenvalue weighted by molar-refractivity contribution is -0.275. The fraction of sp³-hybridized carbons (Fsp3) is 0.929. The van der Waals surface area contributed by atoms with Gasteiger partial charge in [0.1, 0.15) is 18.3 Å². The molecule has 1 rings (SSSR count). The Morgan fingerprint density at radius 2 is 1.44 bits per heavy atom. The molecule has 148 valence electrons. The van der Waals surface area contributed by atoms with E-state index in [1.165, 1.54) is 0 Å². The van der Waals surface area contributed by atoms with E-state index in [1.54, 1.807) is 0 Å². The highest BCUT2D eigenvalue weighted by atomic mass is 16.6. The Bertz CT molecular complexity index is 374. The number of hydrogen-bond donors (Lipinski definition) is 6. The molecule has 1 aliphatic rings. The molecule has 0 bridgehead atoms. The van der Waals surface area contributed by atoms with E-state index in [1.807, 2.05) is 0 Å². The SMILES string of the molecule is NCCOCCOCCOCCNC(=O)[C@H]1OC(O)[C@@H](O)[C@@H](O)[C@@H]1O. The topological polar surface area (TPSA) is 173 Å². The molecule has 0 radical (unpaired) electrons. The van der Waals surface area contributed by atoms with Crippen molar-refractivity contribution in [2.75, 3.05) is 52.7 Å². The first-order valence-corrected chi connectivity index (χ1v) is 8.07. The van der Waals surface area contributed by atoms with Gasteiger partial charge in [-0.15, -0.1) is 0 Å². The zero-order valence-corrected chi connectivity index (χ0v) is 14.0. The van der Waals surface area contributed by atoms with Gasteiger partial charge in [0.2, 0.25) is 0 Å². The van der Waals surface area contributed by atoms with Gasteiger partial charge in [0, 0.05) is 13.1 Å². The summed E-state index contributed by atoms with van der Waals surface area (Å²) in [7, 11) is 0. The van der Waals surface area contributed by atoms with Gasteiger partial charge in [0.25, 0.3) is 5.91 Å². The van der Waals surface area contributed by atoms with E-state index in [0.717, 1.165) is 0 Å². The second-order valence-corrected chi connectivity index (χ2v) is 5.34. The minimum absolute atomic E-state index is 0.139. The summed E-state index contributed by atoms with van der Waals surface area (Å²) in [5.74, 6) is -0.727. The van der Waals surface area contributed by atoms with Crippen LogP contribution in [0.25, 0.3) is 0 Å². The number of nitrogens with two attached hydrogens (primary N) is 1. The zero-order chi connectivity index (χ0) is 18.7. The maximum Gasteiger partial charge on any atom is 0.252 e. The molecule has 1 saturated heterocycles. The zero-order valence-electron chi connectivity index (χ0n) is 14.0. The maximum absolute atomic E-state index is 11.9. The first kappa shape index (κ1) is 22.2. The highest BCUT2D eigenvalue weighted by Gasteiger charge is 2.45. The molecular weight excluding hydrogens is 340 g/mol. The van der Waals surface area contributed by atoms with Crippen molar-refractivity contribution in [1.29, 1.82) is 0 Å². The van der Waals surface area contributed by atoms with E-state index in [2.05, 4.69) is 5.32 Å². The van der Waals surface area contributed by atoms with Crippen molar-refractivity contribution in [3.05, 3.63) is 0 Å². The summed E-state index contributed by atoms with van der Waals surface area (Å²) in [5.41, 5.74) is 5.26. The van der Waals surface area contributed by atoms with Gasteiger partial charge < -0.3 is 50.4 Å². The van der Waals surface area contributed by atoms with Crippen molar-refractivity contribution < 1.29 is 44.2 Å². The second-order valence-electron chi connectivity index (χ2n) is 5.34. The number of hydrogen-bond acceptors (Lipinski definition) is 10. The van der Waals surface area contributed by atoms with Crippen LogP contribution >= 0.6 is 0 Å².